The molecule has 6 heteroatoms. The molecule has 0 aliphatic carbocycles. The highest BCUT2D eigenvalue weighted by atomic mass is 19.1. The largest absolute Gasteiger partial charge is 0.377 e. The number of methoxy groups -OCH3 is 1. The number of H-pyrrole nitrogens is 1. The van der Waals surface area contributed by atoms with Gasteiger partial charge in [-0.25, -0.2) is 9.37 Å². The Bertz CT molecular complexity index is 693. The Labute approximate surface area is 140 Å². The molecule has 4 rings (SSSR count). The van der Waals surface area contributed by atoms with Crippen molar-refractivity contribution in [2.24, 2.45) is 0 Å². The second-order valence-corrected chi connectivity index (χ2v) is 6.80. The number of likely N-dealkylation sites (tertiary alicyclic amines) is 1. The summed E-state index contributed by atoms with van der Waals surface area (Å²) in [5, 5.41) is 0. The van der Waals surface area contributed by atoms with Gasteiger partial charge in [-0.3, -0.25) is 4.90 Å². The van der Waals surface area contributed by atoms with Crippen LogP contribution in [-0.4, -0.2) is 53.4 Å². The van der Waals surface area contributed by atoms with Crippen LogP contribution in [0.3, 0.4) is 0 Å². The van der Waals surface area contributed by atoms with Gasteiger partial charge in [0.05, 0.1) is 19.0 Å². The molecular weight excluding hydrogens is 309 g/mol. The number of rotatable bonds is 4. The van der Waals surface area contributed by atoms with E-state index in [0.29, 0.717) is 6.61 Å². The Kier molecular flexibility index (Phi) is 4.12. The van der Waals surface area contributed by atoms with Gasteiger partial charge in [-0.2, -0.15) is 0 Å². The molecule has 2 aromatic rings. The van der Waals surface area contributed by atoms with E-state index in [1.807, 2.05) is 12.3 Å². The number of ether oxygens (including phenoxy) is 2. The molecule has 1 N–H and O–H groups in total. The predicted octanol–water partition coefficient (Wildman–Crippen LogP) is 2.32. The number of nitrogens with zero attached hydrogens (tertiary/aromatic N) is 2. The number of imidazole rings is 1. The summed E-state index contributed by atoms with van der Waals surface area (Å²) in [5.74, 6) is 0.0227. The van der Waals surface area contributed by atoms with E-state index < -0.39 is 0 Å². The summed E-state index contributed by atoms with van der Waals surface area (Å²) in [6.45, 7) is 3.05. The molecule has 3 atom stereocenters. The number of benzene rings is 1. The molecule has 2 saturated heterocycles. The first kappa shape index (κ1) is 15.7. The van der Waals surface area contributed by atoms with Crippen LogP contribution in [0.1, 0.15) is 23.6 Å². The number of hydrogen-bond donors (Lipinski definition) is 1. The van der Waals surface area contributed by atoms with Crippen molar-refractivity contribution in [3.05, 3.63) is 53.9 Å². The molecule has 1 aromatic carbocycles. The third-order valence-electron chi connectivity index (χ3n) is 5.22. The minimum Gasteiger partial charge on any atom is -0.377 e. The lowest BCUT2D eigenvalue weighted by atomic mass is 9.87. The van der Waals surface area contributed by atoms with Crippen LogP contribution in [0.2, 0.25) is 0 Å². The minimum absolute atomic E-state index is 0.0268. The number of hydrogen-bond acceptors (Lipinski definition) is 4. The Hall–Kier alpha value is -1.76. The molecule has 0 amide bonds. The van der Waals surface area contributed by atoms with Gasteiger partial charge in [-0.1, -0.05) is 12.1 Å². The molecule has 2 aliphatic heterocycles. The standard InChI is InChI=1S/C18H22FN3O2/c1-23-17-9-22(8-16-7-20-12-21-16)11-18(17)6-14(10-24-18)13-3-2-4-15(19)5-13/h2-5,7,12,14,17H,6,8-11H2,1H3,(H,20,21)/t14-,17+,18+/m0/s1. The van der Waals surface area contributed by atoms with Crippen molar-refractivity contribution in [1.82, 2.24) is 14.9 Å². The van der Waals surface area contributed by atoms with E-state index in [1.165, 1.54) is 6.07 Å². The Morgan fingerprint density at radius 1 is 1.50 bits per heavy atom. The molecule has 128 valence electrons. The SMILES string of the molecule is CO[C@@H]1CN(Cc2cnc[nH]2)C[C@]12C[C@H](c1cccc(F)c1)CO2. The first-order valence-electron chi connectivity index (χ1n) is 8.30. The van der Waals surface area contributed by atoms with Gasteiger partial charge in [-0.05, 0) is 24.1 Å². The van der Waals surface area contributed by atoms with Crippen molar-refractivity contribution in [1.29, 1.82) is 0 Å². The van der Waals surface area contributed by atoms with Gasteiger partial charge < -0.3 is 14.5 Å². The summed E-state index contributed by atoms with van der Waals surface area (Å²) in [6.07, 6.45) is 4.42. The molecule has 0 saturated carbocycles. The summed E-state index contributed by atoms with van der Waals surface area (Å²) in [7, 11) is 1.74. The van der Waals surface area contributed by atoms with E-state index in [4.69, 9.17) is 9.47 Å². The zero-order valence-corrected chi connectivity index (χ0v) is 13.7. The van der Waals surface area contributed by atoms with E-state index in [2.05, 4.69) is 14.9 Å². The van der Waals surface area contributed by atoms with Crippen LogP contribution in [0, 0.1) is 5.82 Å². The average molecular weight is 331 g/mol. The molecule has 0 unspecified atom stereocenters. The van der Waals surface area contributed by atoms with Crippen molar-refractivity contribution in [2.75, 3.05) is 26.8 Å². The van der Waals surface area contributed by atoms with Gasteiger partial charge in [0.2, 0.25) is 0 Å². The molecule has 3 heterocycles. The number of aromatic nitrogens is 2. The van der Waals surface area contributed by atoms with Crippen LogP contribution in [0.25, 0.3) is 0 Å². The first-order chi connectivity index (χ1) is 11.7. The fourth-order valence-electron chi connectivity index (χ4n) is 4.08. The summed E-state index contributed by atoms with van der Waals surface area (Å²) in [5.41, 5.74) is 1.78. The monoisotopic (exact) mass is 331 g/mol. The van der Waals surface area contributed by atoms with E-state index in [1.54, 1.807) is 25.6 Å². The van der Waals surface area contributed by atoms with Crippen LogP contribution in [0.15, 0.2) is 36.8 Å². The predicted molar refractivity (Wildman–Crippen MR) is 87.1 cm³/mol. The van der Waals surface area contributed by atoms with Crippen LogP contribution >= 0.6 is 0 Å². The molecule has 24 heavy (non-hydrogen) atoms. The van der Waals surface area contributed by atoms with Crippen LogP contribution in [0.5, 0.6) is 0 Å². The molecule has 1 aromatic heterocycles. The van der Waals surface area contributed by atoms with Crippen molar-refractivity contribution >= 4 is 0 Å². The van der Waals surface area contributed by atoms with E-state index in [0.717, 1.165) is 37.3 Å². The molecule has 2 aliphatic rings. The van der Waals surface area contributed by atoms with Gasteiger partial charge in [0.15, 0.2) is 0 Å². The van der Waals surface area contributed by atoms with Gasteiger partial charge in [0, 0.05) is 44.6 Å². The van der Waals surface area contributed by atoms with Crippen LogP contribution in [0.4, 0.5) is 4.39 Å². The second-order valence-electron chi connectivity index (χ2n) is 6.80. The Morgan fingerprint density at radius 2 is 2.42 bits per heavy atom. The van der Waals surface area contributed by atoms with E-state index in [9.17, 15) is 4.39 Å². The maximum Gasteiger partial charge on any atom is 0.123 e. The van der Waals surface area contributed by atoms with Gasteiger partial charge >= 0.3 is 0 Å². The lowest BCUT2D eigenvalue weighted by Crippen LogP contribution is -2.42. The smallest absolute Gasteiger partial charge is 0.123 e. The molecule has 0 radical (unpaired) electrons. The topological polar surface area (TPSA) is 50.4 Å². The second kappa shape index (κ2) is 6.27. The summed E-state index contributed by atoms with van der Waals surface area (Å²) >= 11 is 0. The third-order valence-corrected chi connectivity index (χ3v) is 5.22. The zero-order valence-electron chi connectivity index (χ0n) is 13.7. The van der Waals surface area contributed by atoms with Crippen molar-refractivity contribution in [2.45, 2.75) is 30.6 Å². The minimum atomic E-state index is -0.314. The summed E-state index contributed by atoms with van der Waals surface area (Å²) < 4.78 is 25.5. The maximum absolute atomic E-state index is 13.5. The highest BCUT2D eigenvalue weighted by Crippen LogP contribution is 2.43. The van der Waals surface area contributed by atoms with Gasteiger partial charge in [-0.15, -0.1) is 0 Å². The Morgan fingerprint density at radius 3 is 3.17 bits per heavy atom. The van der Waals surface area contributed by atoms with Crippen LogP contribution in [-0.2, 0) is 16.0 Å². The van der Waals surface area contributed by atoms with E-state index in [-0.39, 0.29) is 23.4 Å². The number of nitrogens with one attached hydrogen (secondary N) is 1. The van der Waals surface area contributed by atoms with Gasteiger partial charge in [0.25, 0.3) is 0 Å². The molecule has 5 nitrogen and oxygen atoms in total. The normalized spacial score (nSPS) is 30.4. The fourth-order valence-corrected chi connectivity index (χ4v) is 4.08. The maximum atomic E-state index is 13.5. The quantitative estimate of drug-likeness (QED) is 0.934. The van der Waals surface area contributed by atoms with Crippen LogP contribution < -0.4 is 0 Å². The highest BCUT2D eigenvalue weighted by molar-refractivity contribution is 5.24. The number of halogens is 1. The lowest BCUT2D eigenvalue weighted by Gasteiger charge is -2.28. The summed E-state index contributed by atoms with van der Waals surface area (Å²) in [6, 6.07) is 6.85. The Balaban J connectivity index is 1.49. The fraction of sp³-hybridized carbons (Fsp3) is 0.500. The van der Waals surface area contributed by atoms with Gasteiger partial charge in [0.1, 0.15) is 11.4 Å². The zero-order chi connectivity index (χ0) is 16.6. The average Bonchev–Trinajstić information content (AvgIpc) is 3.29. The summed E-state index contributed by atoms with van der Waals surface area (Å²) in [4.78, 5) is 9.54. The lowest BCUT2D eigenvalue weighted by molar-refractivity contribution is -0.0757. The molecule has 2 fully saturated rings. The van der Waals surface area contributed by atoms with Crippen molar-refractivity contribution in [3.63, 3.8) is 0 Å². The molecule has 1 spiro atoms. The third kappa shape index (κ3) is 2.85. The van der Waals surface area contributed by atoms with Crippen molar-refractivity contribution in [3.8, 4) is 0 Å². The van der Waals surface area contributed by atoms with E-state index >= 15 is 0 Å². The molecular formula is C18H22FN3O2. The number of aromatic amines is 1. The first-order valence-corrected chi connectivity index (χ1v) is 8.30. The van der Waals surface area contributed by atoms with Crippen molar-refractivity contribution < 1.29 is 13.9 Å². The molecule has 0 bridgehead atoms. The highest BCUT2D eigenvalue weighted by Gasteiger charge is 2.53.